The van der Waals surface area contributed by atoms with Gasteiger partial charge in [0.05, 0.1) is 46.2 Å². The first-order chi connectivity index (χ1) is 30.3. The Kier molecular flexibility index (Phi) is 46.3. The predicted molar refractivity (Wildman–Crippen MR) is 245 cm³/mol. The summed E-state index contributed by atoms with van der Waals surface area (Å²) < 4.78 is 27.9. The first kappa shape index (κ1) is 59.7. The number of esters is 2. The Morgan fingerprint density at radius 2 is 0.726 bits per heavy atom. The normalized spacial score (nSPS) is 11.9. The van der Waals surface area contributed by atoms with Gasteiger partial charge in [0.25, 0.3) is 0 Å². The standard InChI is InChI=1S/C49H93NO12/c1-3-5-7-9-11-13-15-17-19-21-23-25-27-29-31-33-48(55)60-44-45(43-59-38-37-57-35-36-58-39-40-61-50(41-46(51)52)42-47(53)54)62-49(56)34-32-30-28-26-24-22-20-18-16-14-12-10-8-6-4-2/h45H,3-44H2,1-2H3,(H,51,52)(H,53,54)/t45-/m0/s1. The van der Waals surface area contributed by atoms with Gasteiger partial charge in [-0.25, -0.2) is 0 Å². The number of hydrogen-bond acceptors (Lipinski definition) is 11. The third kappa shape index (κ3) is 47.2. The second-order valence-electron chi connectivity index (χ2n) is 16.9. The summed E-state index contributed by atoms with van der Waals surface area (Å²) in [5.41, 5.74) is 0. The van der Waals surface area contributed by atoms with Gasteiger partial charge in [-0.3, -0.25) is 24.0 Å². The Morgan fingerprint density at radius 1 is 0.403 bits per heavy atom. The lowest BCUT2D eigenvalue weighted by molar-refractivity contribution is -0.190. The van der Waals surface area contributed by atoms with Gasteiger partial charge < -0.3 is 33.9 Å². The molecule has 0 saturated heterocycles. The number of unbranched alkanes of at least 4 members (excludes halogenated alkanes) is 28. The third-order valence-electron chi connectivity index (χ3n) is 10.9. The van der Waals surface area contributed by atoms with E-state index in [0.29, 0.717) is 12.8 Å². The lowest BCUT2D eigenvalue weighted by atomic mass is 10.0. The first-order valence-electron chi connectivity index (χ1n) is 25.2. The number of nitrogens with zero attached hydrogens (tertiary/aromatic N) is 1. The average molecular weight is 888 g/mol. The quantitative estimate of drug-likeness (QED) is 0.0337. The molecule has 0 bridgehead atoms. The van der Waals surface area contributed by atoms with Crippen LogP contribution in [0.5, 0.6) is 0 Å². The molecule has 0 rings (SSSR count). The molecule has 62 heavy (non-hydrogen) atoms. The van der Waals surface area contributed by atoms with E-state index < -0.39 is 31.1 Å². The molecule has 1 atom stereocenters. The van der Waals surface area contributed by atoms with Crippen LogP contribution in [0.25, 0.3) is 0 Å². The van der Waals surface area contributed by atoms with E-state index >= 15 is 0 Å². The number of hydroxylamine groups is 2. The minimum atomic E-state index is -1.20. The summed E-state index contributed by atoms with van der Waals surface area (Å²) in [6.45, 7) is 4.58. The van der Waals surface area contributed by atoms with Crippen LogP contribution < -0.4 is 0 Å². The zero-order valence-corrected chi connectivity index (χ0v) is 39.7. The number of rotatable bonds is 51. The van der Waals surface area contributed by atoms with E-state index in [0.717, 1.165) is 43.6 Å². The van der Waals surface area contributed by atoms with E-state index in [2.05, 4.69) is 13.8 Å². The molecule has 0 aromatic carbocycles. The highest BCUT2D eigenvalue weighted by Crippen LogP contribution is 2.16. The summed E-state index contributed by atoms with van der Waals surface area (Å²) in [5.74, 6) is -2.99. The number of carboxylic acid groups (broad SMARTS) is 2. The van der Waals surface area contributed by atoms with Gasteiger partial charge in [-0.15, -0.1) is 0 Å². The van der Waals surface area contributed by atoms with Crippen LogP contribution in [0.2, 0.25) is 0 Å². The molecule has 0 amide bonds. The first-order valence-corrected chi connectivity index (χ1v) is 25.2. The van der Waals surface area contributed by atoms with Crippen molar-refractivity contribution in [1.82, 2.24) is 5.06 Å². The van der Waals surface area contributed by atoms with E-state index in [4.69, 9.17) is 38.7 Å². The topological polar surface area (TPSA) is 167 Å². The molecule has 0 unspecified atom stereocenters. The Balaban J connectivity index is 4.32. The molecule has 13 heteroatoms. The molecule has 0 fully saturated rings. The maximum absolute atomic E-state index is 12.8. The Morgan fingerprint density at radius 3 is 1.10 bits per heavy atom. The van der Waals surface area contributed by atoms with Gasteiger partial charge in [0.1, 0.15) is 19.7 Å². The lowest BCUT2D eigenvalue weighted by Gasteiger charge is -2.18. The van der Waals surface area contributed by atoms with Gasteiger partial charge in [-0.2, -0.15) is 5.06 Å². The number of carbonyl (C=O) groups is 4. The van der Waals surface area contributed by atoms with Crippen molar-refractivity contribution in [2.24, 2.45) is 0 Å². The summed E-state index contributed by atoms with van der Waals surface area (Å²) in [4.78, 5) is 52.2. The lowest BCUT2D eigenvalue weighted by Crippen LogP contribution is -2.35. The van der Waals surface area contributed by atoms with E-state index in [1.807, 2.05) is 0 Å². The van der Waals surface area contributed by atoms with E-state index in [1.165, 1.54) is 154 Å². The van der Waals surface area contributed by atoms with Gasteiger partial charge in [-0.1, -0.05) is 194 Å². The molecule has 0 aromatic rings. The van der Waals surface area contributed by atoms with Gasteiger partial charge in [0, 0.05) is 12.8 Å². The van der Waals surface area contributed by atoms with Crippen LogP contribution >= 0.6 is 0 Å². The molecule has 0 saturated carbocycles. The van der Waals surface area contributed by atoms with Crippen LogP contribution in [0.4, 0.5) is 0 Å². The molecule has 13 nitrogen and oxygen atoms in total. The number of ether oxygens (including phenoxy) is 5. The van der Waals surface area contributed by atoms with Crippen LogP contribution in [0.1, 0.15) is 219 Å². The van der Waals surface area contributed by atoms with Crippen LogP contribution in [0.3, 0.4) is 0 Å². The SMILES string of the molecule is CCCCCCCCCCCCCCCCCC(=O)OC[C@H](COCCOCCOCCON(CC(=O)O)CC(=O)O)OC(=O)CCCCCCCCCCCCCCCCC. The number of carbonyl (C=O) groups excluding carboxylic acids is 2. The summed E-state index contributed by atoms with van der Waals surface area (Å²) in [6, 6.07) is 0. The molecule has 366 valence electrons. The Hall–Kier alpha value is -2.32. The fraction of sp³-hybridized carbons (Fsp3) is 0.918. The summed E-state index contributed by atoms with van der Waals surface area (Å²) in [7, 11) is 0. The maximum Gasteiger partial charge on any atom is 0.320 e. The van der Waals surface area contributed by atoms with Crippen molar-refractivity contribution in [2.75, 3.05) is 65.9 Å². The monoisotopic (exact) mass is 888 g/mol. The number of aliphatic carboxylic acids is 2. The number of hydrogen-bond donors (Lipinski definition) is 2. The number of carboxylic acids is 2. The average Bonchev–Trinajstić information content (AvgIpc) is 3.24. The minimum absolute atomic E-state index is 0.00668. The summed E-state index contributed by atoms with van der Waals surface area (Å²) in [5, 5.41) is 18.6. The van der Waals surface area contributed by atoms with Crippen molar-refractivity contribution in [1.29, 1.82) is 0 Å². The van der Waals surface area contributed by atoms with Crippen molar-refractivity contribution >= 4 is 23.9 Å². The van der Waals surface area contributed by atoms with Crippen molar-refractivity contribution in [3.05, 3.63) is 0 Å². The molecule has 2 N–H and O–H groups in total. The van der Waals surface area contributed by atoms with Crippen molar-refractivity contribution < 1.29 is 57.9 Å². The van der Waals surface area contributed by atoms with Crippen LogP contribution in [0, 0.1) is 0 Å². The second-order valence-corrected chi connectivity index (χ2v) is 16.9. The minimum Gasteiger partial charge on any atom is -0.480 e. The Bertz CT molecular complexity index is 1000. The predicted octanol–water partition coefficient (Wildman–Crippen LogP) is 11.4. The smallest absolute Gasteiger partial charge is 0.320 e. The molecule has 0 spiro atoms. The highest BCUT2D eigenvalue weighted by molar-refractivity contribution is 5.72. The zero-order chi connectivity index (χ0) is 45.4. The van der Waals surface area contributed by atoms with E-state index in [9.17, 15) is 19.2 Å². The van der Waals surface area contributed by atoms with Crippen molar-refractivity contribution in [3.63, 3.8) is 0 Å². The van der Waals surface area contributed by atoms with Crippen LogP contribution in [-0.4, -0.2) is 111 Å². The van der Waals surface area contributed by atoms with Crippen LogP contribution in [0.15, 0.2) is 0 Å². The summed E-state index contributed by atoms with van der Waals surface area (Å²) >= 11 is 0. The van der Waals surface area contributed by atoms with Gasteiger partial charge in [0.15, 0.2) is 6.10 Å². The third-order valence-corrected chi connectivity index (χ3v) is 10.9. The molecular weight excluding hydrogens is 795 g/mol. The fourth-order valence-corrected chi connectivity index (χ4v) is 7.23. The highest BCUT2D eigenvalue weighted by atomic mass is 16.7. The summed E-state index contributed by atoms with van der Waals surface area (Å²) in [6.07, 6.45) is 37.8. The van der Waals surface area contributed by atoms with E-state index in [1.54, 1.807) is 0 Å². The van der Waals surface area contributed by atoms with Crippen LogP contribution in [-0.2, 0) is 47.7 Å². The molecule has 0 aliphatic carbocycles. The fourth-order valence-electron chi connectivity index (χ4n) is 7.23. The molecule has 0 radical (unpaired) electrons. The molecule has 0 heterocycles. The van der Waals surface area contributed by atoms with Gasteiger partial charge >= 0.3 is 23.9 Å². The Labute approximate surface area is 377 Å². The second kappa shape index (κ2) is 48.1. The van der Waals surface area contributed by atoms with Gasteiger partial charge in [-0.05, 0) is 12.8 Å². The highest BCUT2D eigenvalue weighted by Gasteiger charge is 2.18. The van der Waals surface area contributed by atoms with E-state index in [-0.39, 0.29) is 64.8 Å². The maximum atomic E-state index is 12.8. The van der Waals surface area contributed by atoms with Gasteiger partial charge in [0.2, 0.25) is 0 Å². The van der Waals surface area contributed by atoms with Crippen molar-refractivity contribution in [3.8, 4) is 0 Å². The molecule has 0 aliphatic rings. The van der Waals surface area contributed by atoms with Crippen molar-refractivity contribution in [2.45, 2.75) is 225 Å². The molecular formula is C49H93NO12. The molecule has 0 aromatic heterocycles. The zero-order valence-electron chi connectivity index (χ0n) is 39.7. The largest absolute Gasteiger partial charge is 0.480 e. The molecule has 0 aliphatic heterocycles.